The monoisotopic (exact) mass is 843 g/mol. The van der Waals surface area contributed by atoms with Gasteiger partial charge in [0.1, 0.15) is 0 Å². The van der Waals surface area contributed by atoms with Gasteiger partial charge in [0.15, 0.2) is 0 Å². The Kier molecular flexibility index (Phi) is 9.22. The Bertz CT molecular complexity index is 2910. The van der Waals surface area contributed by atoms with Crippen molar-refractivity contribution in [2.24, 2.45) is 0 Å². The molecule has 0 unspecified atom stereocenters. The molecule has 6 aromatic rings. The molecule has 64 heavy (non-hydrogen) atoms. The molecule has 10 rings (SSSR count). The minimum Gasteiger partial charge on any atom is -0.311 e. The molecule has 6 aromatic carbocycles. The molecule has 0 atom stereocenters. The van der Waals surface area contributed by atoms with E-state index in [1.807, 2.05) is 0 Å². The number of hydrogen-bond acceptors (Lipinski definition) is 2. The topological polar surface area (TPSA) is 6.48 Å². The minimum absolute atomic E-state index is 0.00874. The summed E-state index contributed by atoms with van der Waals surface area (Å²) in [5, 5.41) is 0. The number of hydrogen-bond donors (Lipinski definition) is 0. The van der Waals surface area contributed by atoms with Gasteiger partial charge < -0.3 is 9.80 Å². The highest BCUT2D eigenvalue weighted by atomic mass is 15.2. The third-order valence-electron chi connectivity index (χ3n) is 16.2. The van der Waals surface area contributed by atoms with Gasteiger partial charge in [0.25, 0.3) is 6.71 Å². The average Bonchev–Trinajstić information content (AvgIpc) is 3.40. The zero-order valence-electron chi connectivity index (χ0n) is 41.9. The van der Waals surface area contributed by atoms with E-state index in [-0.39, 0.29) is 39.2 Å². The van der Waals surface area contributed by atoms with Crippen LogP contribution in [0.15, 0.2) is 103 Å². The Balaban J connectivity index is 1.37. The van der Waals surface area contributed by atoms with Crippen molar-refractivity contribution < 1.29 is 0 Å². The van der Waals surface area contributed by atoms with Gasteiger partial charge in [0.05, 0.1) is 0 Å². The Morgan fingerprint density at radius 2 is 0.922 bits per heavy atom. The van der Waals surface area contributed by atoms with Gasteiger partial charge in [-0.15, -0.1) is 0 Å². The molecule has 4 aliphatic rings. The highest BCUT2D eigenvalue weighted by Crippen LogP contribution is 2.55. The van der Waals surface area contributed by atoms with Crippen LogP contribution < -0.4 is 26.2 Å². The highest BCUT2D eigenvalue weighted by molar-refractivity contribution is 7.00. The molecule has 3 heteroatoms. The van der Waals surface area contributed by atoms with Crippen LogP contribution in [0.4, 0.5) is 34.1 Å². The largest absolute Gasteiger partial charge is 0.311 e. The second kappa shape index (κ2) is 13.8. The van der Waals surface area contributed by atoms with Crippen LogP contribution in [0, 0.1) is 13.8 Å². The van der Waals surface area contributed by atoms with E-state index in [1.165, 1.54) is 119 Å². The number of rotatable bonds is 3. The van der Waals surface area contributed by atoms with Crippen molar-refractivity contribution in [3.8, 4) is 11.1 Å². The summed E-state index contributed by atoms with van der Waals surface area (Å²) in [7, 11) is 0. The van der Waals surface area contributed by atoms with Crippen molar-refractivity contribution in [1.82, 2.24) is 0 Å². The maximum atomic E-state index is 2.74. The Labute approximate surface area is 386 Å². The summed E-state index contributed by atoms with van der Waals surface area (Å²) in [5.41, 5.74) is 26.1. The van der Waals surface area contributed by atoms with Crippen LogP contribution in [0.5, 0.6) is 0 Å². The second-order valence-electron chi connectivity index (χ2n) is 25.0. The van der Waals surface area contributed by atoms with Crippen molar-refractivity contribution in [1.29, 1.82) is 0 Å². The first kappa shape index (κ1) is 42.9. The smallest absolute Gasteiger partial charge is 0.252 e. The first-order valence-corrected chi connectivity index (χ1v) is 24.2. The van der Waals surface area contributed by atoms with Gasteiger partial charge in [-0.3, -0.25) is 0 Å². The fraction of sp³-hybridized carbons (Fsp3) is 0.410. The lowest BCUT2D eigenvalue weighted by molar-refractivity contribution is 0.332. The van der Waals surface area contributed by atoms with E-state index in [9.17, 15) is 0 Å². The maximum Gasteiger partial charge on any atom is 0.252 e. The summed E-state index contributed by atoms with van der Waals surface area (Å²) in [6.07, 6.45) is 3.52. The van der Waals surface area contributed by atoms with E-state index in [0.717, 1.165) is 6.42 Å². The number of benzene rings is 6. The van der Waals surface area contributed by atoms with Gasteiger partial charge in [0, 0.05) is 34.1 Å². The SMILES string of the molecule is Cc1ccc(C(C)(C)C)cc1N1c2cc(-c3ccccc3)ccc2B2c3cc4c(cc3N(c3cc5c(cc3C)C(C)(C)CCC5(C)C)c3cc(C(C)(C)C)cc1c32)C(C)(C)CC4(C)C. The van der Waals surface area contributed by atoms with Gasteiger partial charge in [-0.2, -0.15) is 0 Å². The molecule has 0 saturated heterocycles. The third-order valence-corrected chi connectivity index (χ3v) is 16.2. The predicted molar refractivity (Wildman–Crippen MR) is 279 cm³/mol. The van der Waals surface area contributed by atoms with Crippen molar-refractivity contribution >= 4 is 57.2 Å². The number of fused-ring (bicyclic) bond motifs is 6. The lowest BCUT2D eigenvalue weighted by atomic mass is 9.33. The molecular weight excluding hydrogens is 771 g/mol. The minimum atomic E-state index is -0.103. The maximum absolute atomic E-state index is 2.74. The molecule has 2 heterocycles. The molecule has 2 nitrogen and oxygen atoms in total. The molecule has 0 spiro atoms. The molecule has 0 N–H and O–H groups in total. The zero-order valence-corrected chi connectivity index (χ0v) is 41.9. The van der Waals surface area contributed by atoms with Gasteiger partial charge >= 0.3 is 0 Å². The van der Waals surface area contributed by atoms with Gasteiger partial charge in [0.2, 0.25) is 0 Å². The van der Waals surface area contributed by atoms with E-state index in [4.69, 9.17) is 0 Å². The van der Waals surface area contributed by atoms with Crippen LogP contribution in [0.2, 0.25) is 0 Å². The highest BCUT2D eigenvalue weighted by Gasteiger charge is 2.49. The first-order chi connectivity index (χ1) is 29.8. The summed E-state index contributed by atoms with van der Waals surface area (Å²) in [6.45, 7) is 38.8. The van der Waals surface area contributed by atoms with Crippen LogP contribution in [-0.2, 0) is 32.5 Å². The normalized spacial score (nSPS) is 18.5. The zero-order chi connectivity index (χ0) is 45.8. The van der Waals surface area contributed by atoms with Crippen LogP contribution in [0.25, 0.3) is 11.1 Å². The second-order valence-corrected chi connectivity index (χ2v) is 25.0. The van der Waals surface area contributed by atoms with Crippen molar-refractivity contribution in [3.63, 3.8) is 0 Å². The molecule has 2 aliphatic heterocycles. The van der Waals surface area contributed by atoms with Crippen LogP contribution in [0.1, 0.15) is 161 Å². The predicted octanol–water partition coefficient (Wildman–Crippen LogP) is 15.0. The molecule has 0 bridgehead atoms. The van der Waals surface area contributed by atoms with E-state index in [1.54, 1.807) is 0 Å². The molecular formula is C61H71BN2. The lowest BCUT2D eigenvalue weighted by Crippen LogP contribution is -2.61. The molecule has 0 fully saturated rings. The summed E-state index contributed by atoms with van der Waals surface area (Å²) in [6, 6.07) is 41.3. The number of nitrogens with zero attached hydrogens (tertiary/aromatic N) is 2. The van der Waals surface area contributed by atoms with E-state index in [0.29, 0.717) is 0 Å². The molecule has 0 amide bonds. The summed E-state index contributed by atoms with van der Waals surface area (Å²) >= 11 is 0. The Morgan fingerprint density at radius 1 is 0.422 bits per heavy atom. The summed E-state index contributed by atoms with van der Waals surface area (Å²) in [4.78, 5) is 5.42. The van der Waals surface area contributed by atoms with Gasteiger partial charge in [-0.1, -0.05) is 164 Å². The van der Waals surface area contributed by atoms with Crippen LogP contribution >= 0.6 is 0 Å². The lowest BCUT2D eigenvalue weighted by Gasteiger charge is -2.47. The average molecular weight is 843 g/mol. The quantitative estimate of drug-likeness (QED) is 0.164. The van der Waals surface area contributed by atoms with Gasteiger partial charge in [-0.25, -0.2) is 0 Å². The van der Waals surface area contributed by atoms with Crippen molar-refractivity contribution in [2.45, 2.75) is 163 Å². The Hall–Kier alpha value is -5.02. The Morgan fingerprint density at radius 3 is 1.52 bits per heavy atom. The van der Waals surface area contributed by atoms with Crippen molar-refractivity contribution in [2.75, 3.05) is 9.80 Å². The molecule has 0 aromatic heterocycles. The van der Waals surface area contributed by atoms with E-state index < -0.39 is 0 Å². The third kappa shape index (κ3) is 6.48. The number of anilines is 6. The van der Waals surface area contributed by atoms with Crippen LogP contribution in [0.3, 0.4) is 0 Å². The molecule has 0 radical (unpaired) electrons. The van der Waals surface area contributed by atoms with Crippen molar-refractivity contribution in [3.05, 3.63) is 148 Å². The van der Waals surface area contributed by atoms with Crippen LogP contribution in [-0.4, -0.2) is 6.71 Å². The fourth-order valence-electron chi connectivity index (χ4n) is 12.5. The molecule has 0 saturated carbocycles. The number of aryl methyl sites for hydroxylation is 2. The summed E-state index contributed by atoms with van der Waals surface area (Å²) < 4.78 is 0. The standard InChI is InChI=1S/C61H71BN2/c1-37-22-24-41(56(3,4)5)30-49(37)63-51-29-40(39-20-18-17-19-21-39)23-25-47(51)62-48-33-44-46(61(15,16)36-60(44,13)14)35-52(48)64(54-32-42(57(6,7)8)31-53(63)55(54)62)50-34-45-43(28-38(50)2)58(9,10)26-27-59(45,11)12/h17-25,28-35H,26-27,36H2,1-16H3. The molecule has 2 aliphatic carbocycles. The van der Waals surface area contributed by atoms with E-state index >= 15 is 0 Å². The van der Waals surface area contributed by atoms with Gasteiger partial charge in [-0.05, 0) is 174 Å². The molecule has 328 valence electrons. The van der Waals surface area contributed by atoms with E-state index in [2.05, 4.69) is 224 Å². The first-order valence-electron chi connectivity index (χ1n) is 24.2. The summed E-state index contributed by atoms with van der Waals surface area (Å²) in [5.74, 6) is 0. The fourth-order valence-corrected chi connectivity index (χ4v) is 12.5.